The van der Waals surface area contributed by atoms with Gasteiger partial charge < -0.3 is 9.47 Å². The number of amides is 1. The quantitative estimate of drug-likeness (QED) is 0.134. The number of hydrogen-bond acceptors (Lipinski definition) is 5. The van der Waals surface area contributed by atoms with Crippen molar-refractivity contribution in [2.24, 2.45) is 0 Å². The molecule has 7 heteroatoms. The Labute approximate surface area is 240 Å². The van der Waals surface area contributed by atoms with Crippen LogP contribution in [0.25, 0.3) is 0 Å². The summed E-state index contributed by atoms with van der Waals surface area (Å²) in [6, 6.07) is 38.8. The van der Waals surface area contributed by atoms with Crippen LogP contribution in [-0.4, -0.2) is 46.0 Å². The van der Waals surface area contributed by atoms with Gasteiger partial charge in [-0.2, -0.15) is 0 Å². The number of nitrogens with zero attached hydrogens (tertiary/aromatic N) is 1. The standard InChI is InChI=1S/C33H30NO4PS/c1-3-37-33(38-4-2)30(29(35)31(36)34(33)32(40)25-17-9-5-10-18-25)39(26-19-11-6-12-20-26,27-21-13-7-14-22-27)28-23-15-8-16-24-28/h5-24H,3-4H2,1-2H3. The molecule has 1 aliphatic rings. The number of rotatable bonds is 8. The van der Waals surface area contributed by atoms with Crippen LogP contribution in [0.3, 0.4) is 0 Å². The average Bonchev–Trinajstić information content (AvgIpc) is 3.21. The van der Waals surface area contributed by atoms with Crippen molar-refractivity contribution in [2.75, 3.05) is 13.2 Å². The molecule has 5 rings (SSSR count). The van der Waals surface area contributed by atoms with Gasteiger partial charge in [-0.05, 0) is 36.6 Å². The van der Waals surface area contributed by atoms with Gasteiger partial charge in [0, 0.05) is 18.8 Å². The monoisotopic (exact) mass is 567 g/mol. The Hall–Kier alpha value is -3.67. The van der Waals surface area contributed by atoms with Crippen molar-refractivity contribution in [3.8, 4) is 0 Å². The molecule has 5 nitrogen and oxygen atoms in total. The van der Waals surface area contributed by atoms with E-state index in [1.807, 2.05) is 135 Å². The third-order valence-corrected chi connectivity index (χ3v) is 11.7. The van der Waals surface area contributed by atoms with E-state index < -0.39 is 24.5 Å². The number of carbonyl (C=O) groups is 2. The number of ketones is 1. The van der Waals surface area contributed by atoms with Crippen molar-refractivity contribution in [3.63, 3.8) is 0 Å². The third kappa shape index (κ3) is 4.47. The lowest BCUT2D eigenvalue weighted by molar-refractivity contribution is -0.234. The van der Waals surface area contributed by atoms with Crippen LogP contribution in [0.5, 0.6) is 0 Å². The molecule has 0 N–H and O–H groups in total. The zero-order valence-corrected chi connectivity index (χ0v) is 24.1. The summed E-state index contributed by atoms with van der Waals surface area (Å²) >= 11 is 5.91. The van der Waals surface area contributed by atoms with E-state index in [-0.39, 0.29) is 23.5 Å². The van der Waals surface area contributed by atoms with Gasteiger partial charge in [-0.25, -0.2) is 4.90 Å². The lowest BCUT2D eigenvalue weighted by Gasteiger charge is -2.41. The summed E-state index contributed by atoms with van der Waals surface area (Å²) in [6.07, 6.45) is 0. The maximum absolute atomic E-state index is 14.6. The van der Waals surface area contributed by atoms with E-state index in [0.717, 1.165) is 15.9 Å². The predicted octanol–water partition coefficient (Wildman–Crippen LogP) is 4.67. The van der Waals surface area contributed by atoms with E-state index in [0.29, 0.717) is 5.56 Å². The summed E-state index contributed by atoms with van der Waals surface area (Å²) in [5.41, 5.74) is 0.617. The zero-order chi connectivity index (χ0) is 28.2. The number of benzene rings is 4. The fraction of sp³-hybridized carbons (Fsp3) is 0.152. The second kappa shape index (κ2) is 11.8. The summed E-state index contributed by atoms with van der Waals surface area (Å²) in [6.45, 7) is 0.950. The number of ether oxygens (including phenoxy) is 2. The first-order chi connectivity index (χ1) is 19.5. The normalized spacial score (nSPS) is 14.9. The van der Waals surface area contributed by atoms with Gasteiger partial charge in [-0.3, -0.25) is 9.59 Å². The highest BCUT2D eigenvalue weighted by molar-refractivity contribution is 7.97. The molecule has 0 radical (unpaired) electrons. The minimum Gasteiger partial charge on any atom is -0.329 e. The van der Waals surface area contributed by atoms with E-state index in [2.05, 4.69) is 0 Å². The molecule has 40 heavy (non-hydrogen) atoms. The number of Topliss-reactive ketones (excluding diaryl/α,β-unsaturated/α-hetero) is 1. The highest BCUT2D eigenvalue weighted by Gasteiger charge is 2.62. The van der Waals surface area contributed by atoms with Crippen LogP contribution >= 0.6 is 19.1 Å². The van der Waals surface area contributed by atoms with E-state index in [1.165, 1.54) is 4.90 Å². The molecule has 4 aromatic rings. The second-order valence-corrected chi connectivity index (χ2v) is 12.8. The molecule has 1 saturated heterocycles. The SMILES string of the molecule is CCOC1(OCC)C(=P(c2ccccc2)(c2ccccc2)c2ccccc2)C(=O)C(=O)N1C(=S)c1ccccc1. The van der Waals surface area contributed by atoms with Crippen molar-refractivity contribution in [1.29, 1.82) is 0 Å². The van der Waals surface area contributed by atoms with E-state index in [4.69, 9.17) is 21.7 Å². The summed E-state index contributed by atoms with van der Waals surface area (Å²) in [5, 5.41) is 2.97. The van der Waals surface area contributed by atoms with Gasteiger partial charge in [0.15, 0.2) is 0 Å². The Morgan fingerprint density at radius 3 is 1.43 bits per heavy atom. The van der Waals surface area contributed by atoms with Crippen LogP contribution in [-0.2, 0) is 19.1 Å². The predicted molar refractivity (Wildman–Crippen MR) is 166 cm³/mol. The topological polar surface area (TPSA) is 55.8 Å². The lowest BCUT2D eigenvalue weighted by Crippen LogP contribution is -2.57. The minimum absolute atomic E-state index is 0.170. The van der Waals surface area contributed by atoms with E-state index in [9.17, 15) is 9.59 Å². The molecule has 0 atom stereocenters. The maximum Gasteiger partial charge on any atom is 0.304 e. The molecule has 1 aliphatic heterocycles. The molecule has 0 bridgehead atoms. The molecule has 1 heterocycles. The Morgan fingerprint density at radius 1 is 0.675 bits per heavy atom. The van der Waals surface area contributed by atoms with Crippen LogP contribution in [0, 0.1) is 0 Å². The zero-order valence-electron chi connectivity index (χ0n) is 22.4. The first kappa shape index (κ1) is 27.9. The fourth-order valence-corrected chi connectivity index (χ4v) is 10.3. The van der Waals surface area contributed by atoms with Crippen LogP contribution in [0.2, 0.25) is 0 Å². The van der Waals surface area contributed by atoms with Crippen LogP contribution in [0.4, 0.5) is 0 Å². The molecular formula is C33H30NO4PS. The van der Waals surface area contributed by atoms with E-state index >= 15 is 0 Å². The first-order valence-corrected chi connectivity index (χ1v) is 15.4. The number of hydrogen-bond donors (Lipinski definition) is 0. The lowest BCUT2D eigenvalue weighted by atomic mass is 10.2. The first-order valence-electron chi connectivity index (χ1n) is 13.2. The molecular weight excluding hydrogens is 537 g/mol. The molecule has 0 aliphatic carbocycles. The van der Waals surface area contributed by atoms with Gasteiger partial charge >= 0.3 is 5.91 Å². The van der Waals surface area contributed by atoms with Crippen molar-refractivity contribution in [2.45, 2.75) is 19.8 Å². The maximum atomic E-state index is 14.6. The highest BCUT2D eigenvalue weighted by Crippen LogP contribution is 2.52. The summed E-state index contributed by atoms with van der Waals surface area (Å²) in [7, 11) is 0. The Balaban J connectivity index is 2.02. The van der Waals surface area contributed by atoms with Gasteiger partial charge in [0.2, 0.25) is 0 Å². The molecule has 0 saturated carbocycles. The van der Waals surface area contributed by atoms with Gasteiger partial charge in [0.05, 0.1) is 5.29 Å². The van der Waals surface area contributed by atoms with Gasteiger partial charge in [-0.15, -0.1) is 0 Å². The van der Waals surface area contributed by atoms with Crippen LogP contribution in [0.15, 0.2) is 121 Å². The van der Waals surface area contributed by atoms with Gasteiger partial charge in [-0.1, -0.05) is 134 Å². The number of thiocarbonyl (C=S) groups is 1. The third-order valence-electron chi connectivity index (χ3n) is 6.88. The highest BCUT2D eigenvalue weighted by atomic mass is 32.1. The number of likely N-dealkylation sites (tertiary alicyclic amines) is 1. The Kier molecular flexibility index (Phi) is 8.24. The van der Waals surface area contributed by atoms with E-state index in [1.54, 1.807) is 0 Å². The summed E-state index contributed by atoms with van der Waals surface area (Å²) < 4.78 is 13.0. The molecule has 0 aromatic heterocycles. The van der Waals surface area contributed by atoms with Crippen LogP contribution < -0.4 is 15.9 Å². The average molecular weight is 568 g/mol. The number of carbonyl (C=O) groups excluding carboxylic acids is 2. The second-order valence-electron chi connectivity index (χ2n) is 9.11. The molecule has 0 unspecified atom stereocenters. The smallest absolute Gasteiger partial charge is 0.304 e. The van der Waals surface area contributed by atoms with Gasteiger partial charge in [0.25, 0.3) is 11.7 Å². The molecule has 4 aromatic carbocycles. The largest absolute Gasteiger partial charge is 0.329 e. The molecule has 1 amide bonds. The van der Waals surface area contributed by atoms with Gasteiger partial charge in [0.1, 0.15) is 4.99 Å². The minimum atomic E-state index is -3.05. The summed E-state index contributed by atoms with van der Waals surface area (Å²) in [5.74, 6) is -3.28. The fourth-order valence-electron chi connectivity index (χ4n) is 5.37. The summed E-state index contributed by atoms with van der Waals surface area (Å²) in [4.78, 5) is 30.2. The van der Waals surface area contributed by atoms with Crippen LogP contribution in [0.1, 0.15) is 19.4 Å². The van der Waals surface area contributed by atoms with Crippen molar-refractivity contribution >= 4 is 57.0 Å². The van der Waals surface area contributed by atoms with Crippen molar-refractivity contribution in [3.05, 3.63) is 127 Å². The van der Waals surface area contributed by atoms with Crippen molar-refractivity contribution in [1.82, 2.24) is 4.90 Å². The Morgan fingerprint density at radius 2 is 1.05 bits per heavy atom. The molecule has 0 spiro atoms. The molecule has 1 fully saturated rings. The molecule has 202 valence electrons. The Bertz CT molecular complexity index is 1460. The van der Waals surface area contributed by atoms with Crippen molar-refractivity contribution < 1.29 is 19.1 Å².